The second kappa shape index (κ2) is 4.36. The molecule has 78 valence electrons. The average Bonchev–Trinajstić information content (AvgIpc) is 2.58. The summed E-state index contributed by atoms with van der Waals surface area (Å²) < 4.78 is 10.5. The molecule has 2 nitrogen and oxygen atoms in total. The van der Waals surface area contributed by atoms with E-state index >= 15 is 0 Å². The first-order valence-corrected chi connectivity index (χ1v) is 5.06. The summed E-state index contributed by atoms with van der Waals surface area (Å²) in [6.07, 6.45) is 8.17. The zero-order chi connectivity index (χ0) is 10.6. The summed E-state index contributed by atoms with van der Waals surface area (Å²) >= 11 is 0. The largest absolute Gasteiger partial charge is 0.454 e. The predicted octanol–water partition coefficient (Wildman–Crippen LogP) is 3.38. The Kier molecular flexibility index (Phi) is 3.39. The fraction of sp³-hybridized carbons (Fsp3) is 0.500. The van der Waals surface area contributed by atoms with Crippen molar-refractivity contribution in [3.8, 4) is 0 Å². The molecule has 0 aromatic heterocycles. The van der Waals surface area contributed by atoms with Gasteiger partial charge in [0.1, 0.15) is 0 Å². The highest BCUT2D eigenvalue weighted by Crippen LogP contribution is 2.28. The fourth-order valence-corrected chi connectivity index (χ4v) is 1.20. The summed E-state index contributed by atoms with van der Waals surface area (Å²) in [4.78, 5) is 0. The molecule has 2 heteroatoms. The van der Waals surface area contributed by atoms with Gasteiger partial charge < -0.3 is 9.47 Å². The van der Waals surface area contributed by atoms with E-state index in [9.17, 15) is 0 Å². The minimum atomic E-state index is 0.0943. The third-order valence-electron chi connectivity index (χ3n) is 2.00. The molecule has 1 heterocycles. The van der Waals surface area contributed by atoms with Gasteiger partial charge in [-0.15, -0.1) is 0 Å². The highest BCUT2D eigenvalue weighted by Gasteiger charge is 2.19. The van der Waals surface area contributed by atoms with Gasteiger partial charge in [-0.2, -0.15) is 0 Å². The zero-order valence-corrected chi connectivity index (χ0v) is 9.33. The molecule has 0 aromatic rings. The standard InChI is InChI=1S/C10H12O2.C2H6/c1-10(2)5-3-8-9(4-6-10)12-7-11-8;1-2/h3-6H,7H2,1-2H3;1-2H3. The summed E-state index contributed by atoms with van der Waals surface area (Å²) in [6.45, 7) is 8.63. The number of rotatable bonds is 0. The first-order valence-electron chi connectivity index (χ1n) is 5.06. The smallest absolute Gasteiger partial charge is 0.231 e. The van der Waals surface area contributed by atoms with E-state index in [0.717, 1.165) is 11.5 Å². The van der Waals surface area contributed by atoms with Gasteiger partial charge in [-0.25, -0.2) is 0 Å². The van der Waals surface area contributed by atoms with Crippen LogP contribution in [-0.4, -0.2) is 6.79 Å². The number of hydrogen-bond acceptors (Lipinski definition) is 2. The fourth-order valence-electron chi connectivity index (χ4n) is 1.20. The van der Waals surface area contributed by atoms with Crippen LogP contribution >= 0.6 is 0 Å². The Balaban J connectivity index is 0.000000461. The molecule has 2 rings (SSSR count). The highest BCUT2D eigenvalue weighted by atomic mass is 16.7. The Morgan fingerprint density at radius 2 is 1.43 bits per heavy atom. The van der Waals surface area contributed by atoms with Gasteiger partial charge in [0.2, 0.25) is 6.79 Å². The van der Waals surface area contributed by atoms with E-state index in [1.54, 1.807) is 0 Å². The van der Waals surface area contributed by atoms with E-state index in [-0.39, 0.29) is 5.41 Å². The summed E-state index contributed by atoms with van der Waals surface area (Å²) in [6, 6.07) is 0. The summed E-state index contributed by atoms with van der Waals surface area (Å²) in [5.41, 5.74) is 0.0943. The van der Waals surface area contributed by atoms with Gasteiger partial charge in [0.25, 0.3) is 0 Å². The van der Waals surface area contributed by atoms with Crippen molar-refractivity contribution in [3.63, 3.8) is 0 Å². The molecule has 0 amide bonds. The molecule has 0 bridgehead atoms. The van der Waals surface area contributed by atoms with Crippen LogP contribution < -0.4 is 0 Å². The van der Waals surface area contributed by atoms with Gasteiger partial charge >= 0.3 is 0 Å². The third kappa shape index (κ3) is 2.41. The second-order valence-corrected chi connectivity index (χ2v) is 3.62. The van der Waals surface area contributed by atoms with Gasteiger partial charge in [-0.3, -0.25) is 0 Å². The van der Waals surface area contributed by atoms with Gasteiger partial charge in [0.05, 0.1) is 0 Å². The van der Waals surface area contributed by atoms with Crippen molar-refractivity contribution in [1.29, 1.82) is 0 Å². The van der Waals surface area contributed by atoms with Crippen LogP contribution in [0.5, 0.6) is 0 Å². The Bertz CT molecular complexity index is 257. The summed E-state index contributed by atoms with van der Waals surface area (Å²) in [5.74, 6) is 1.69. The minimum absolute atomic E-state index is 0.0943. The molecule has 0 unspecified atom stereocenters. The van der Waals surface area contributed by atoms with E-state index in [0.29, 0.717) is 6.79 Å². The van der Waals surface area contributed by atoms with Crippen molar-refractivity contribution >= 4 is 0 Å². The molecule has 2 aliphatic rings. The monoisotopic (exact) mass is 194 g/mol. The normalized spacial score (nSPS) is 21.4. The summed E-state index contributed by atoms with van der Waals surface area (Å²) in [5, 5.41) is 0. The second-order valence-electron chi connectivity index (χ2n) is 3.62. The lowest BCUT2D eigenvalue weighted by Gasteiger charge is -2.12. The summed E-state index contributed by atoms with van der Waals surface area (Å²) in [7, 11) is 0. The Hall–Kier alpha value is -1.18. The lowest BCUT2D eigenvalue weighted by atomic mass is 9.93. The molecule has 1 aliphatic heterocycles. The van der Waals surface area contributed by atoms with Crippen LogP contribution in [0, 0.1) is 5.41 Å². The van der Waals surface area contributed by atoms with Crippen molar-refractivity contribution in [3.05, 3.63) is 35.8 Å². The van der Waals surface area contributed by atoms with Crippen molar-refractivity contribution in [1.82, 2.24) is 0 Å². The average molecular weight is 194 g/mol. The molecular formula is C12H18O2. The molecule has 0 fully saturated rings. The van der Waals surface area contributed by atoms with Gasteiger partial charge in [0.15, 0.2) is 11.5 Å². The molecule has 1 aliphatic carbocycles. The molecule has 0 spiro atoms. The van der Waals surface area contributed by atoms with Crippen LogP contribution in [-0.2, 0) is 9.47 Å². The lowest BCUT2D eigenvalue weighted by molar-refractivity contribution is 0.0774. The van der Waals surface area contributed by atoms with E-state index < -0.39 is 0 Å². The zero-order valence-electron chi connectivity index (χ0n) is 9.33. The van der Waals surface area contributed by atoms with Gasteiger partial charge in [-0.1, -0.05) is 39.8 Å². The van der Waals surface area contributed by atoms with Crippen molar-refractivity contribution in [2.75, 3.05) is 6.79 Å². The van der Waals surface area contributed by atoms with E-state index in [2.05, 4.69) is 26.0 Å². The van der Waals surface area contributed by atoms with Crippen LogP contribution in [0.15, 0.2) is 35.8 Å². The predicted molar refractivity (Wildman–Crippen MR) is 57.5 cm³/mol. The Morgan fingerprint density at radius 1 is 1.00 bits per heavy atom. The third-order valence-corrected chi connectivity index (χ3v) is 2.00. The first-order chi connectivity index (χ1) is 6.67. The van der Waals surface area contributed by atoms with Crippen LogP contribution in [0.3, 0.4) is 0 Å². The van der Waals surface area contributed by atoms with Crippen LogP contribution in [0.2, 0.25) is 0 Å². The molecule has 0 saturated carbocycles. The SMILES string of the molecule is CC.CC1(C)C=CC2=C(C=C1)OCO2. The molecule has 0 radical (unpaired) electrons. The maximum Gasteiger partial charge on any atom is 0.231 e. The van der Waals surface area contributed by atoms with Crippen molar-refractivity contribution < 1.29 is 9.47 Å². The lowest BCUT2D eigenvalue weighted by Crippen LogP contribution is -2.01. The maximum atomic E-state index is 5.25. The van der Waals surface area contributed by atoms with Crippen molar-refractivity contribution in [2.24, 2.45) is 5.41 Å². The molecule has 0 N–H and O–H groups in total. The van der Waals surface area contributed by atoms with Crippen LogP contribution in [0.1, 0.15) is 27.7 Å². The Morgan fingerprint density at radius 3 is 1.86 bits per heavy atom. The topological polar surface area (TPSA) is 18.5 Å². The maximum absolute atomic E-state index is 5.25. The molecule has 14 heavy (non-hydrogen) atoms. The first kappa shape index (κ1) is 10.9. The van der Waals surface area contributed by atoms with Crippen LogP contribution in [0.4, 0.5) is 0 Å². The number of allylic oxidation sites excluding steroid dienone is 4. The van der Waals surface area contributed by atoms with E-state index in [1.807, 2.05) is 26.0 Å². The molecule has 0 saturated heterocycles. The minimum Gasteiger partial charge on any atom is -0.454 e. The Labute approximate surface area is 85.9 Å². The number of ether oxygens (including phenoxy) is 2. The molecule has 0 atom stereocenters. The van der Waals surface area contributed by atoms with Gasteiger partial charge in [-0.05, 0) is 12.2 Å². The van der Waals surface area contributed by atoms with Crippen LogP contribution in [0.25, 0.3) is 0 Å². The molecule has 0 aromatic carbocycles. The van der Waals surface area contributed by atoms with E-state index in [1.165, 1.54) is 0 Å². The highest BCUT2D eigenvalue weighted by molar-refractivity contribution is 5.32. The molecular weight excluding hydrogens is 176 g/mol. The van der Waals surface area contributed by atoms with Crippen molar-refractivity contribution in [2.45, 2.75) is 27.7 Å². The number of hydrogen-bond donors (Lipinski definition) is 0. The van der Waals surface area contributed by atoms with E-state index in [4.69, 9.17) is 9.47 Å². The van der Waals surface area contributed by atoms with Gasteiger partial charge in [0, 0.05) is 5.41 Å². The quantitative estimate of drug-likeness (QED) is 0.588.